The fraction of sp³-hybridized carbons (Fsp3) is 0.571. The molecule has 0 bridgehead atoms. The summed E-state index contributed by atoms with van der Waals surface area (Å²) in [4.78, 5) is 38.8. The van der Waals surface area contributed by atoms with E-state index in [0.717, 1.165) is 0 Å². The van der Waals surface area contributed by atoms with Crippen LogP contribution < -0.4 is 10.6 Å². The van der Waals surface area contributed by atoms with E-state index in [2.05, 4.69) is 10.6 Å². The van der Waals surface area contributed by atoms with Gasteiger partial charge in [0.15, 0.2) is 0 Å². The highest BCUT2D eigenvalue weighted by molar-refractivity contribution is 6.30. The molecule has 160 valence electrons. The molecule has 1 aromatic rings. The van der Waals surface area contributed by atoms with Crippen molar-refractivity contribution in [2.75, 3.05) is 19.7 Å². The first kappa shape index (κ1) is 23.0. The van der Waals surface area contributed by atoms with Crippen LogP contribution in [0.5, 0.6) is 0 Å². The standard InChI is InChI=1S/C21H30ClN3O4/c1-4-29-21(28)25-11-9-17(10-12-25)23-20(27)18(13-14(2)3)24-19(26)15-5-7-16(22)8-6-15/h5-8,14,17-18H,4,9-13H2,1-3H3,(H,23,27)(H,24,26). The third-order valence-corrected chi connectivity index (χ3v) is 5.05. The van der Waals surface area contributed by atoms with E-state index in [4.69, 9.17) is 16.3 Å². The fourth-order valence-electron chi connectivity index (χ4n) is 3.27. The molecule has 2 N–H and O–H groups in total. The molecule has 0 radical (unpaired) electrons. The van der Waals surface area contributed by atoms with Crippen molar-refractivity contribution in [1.29, 1.82) is 0 Å². The van der Waals surface area contributed by atoms with Gasteiger partial charge in [-0.2, -0.15) is 0 Å². The fourth-order valence-corrected chi connectivity index (χ4v) is 3.39. The number of benzene rings is 1. The number of hydrogen-bond acceptors (Lipinski definition) is 4. The summed E-state index contributed by atoms with van der Waals surface area (Å²) in [7, 11) is 0. The second-order valence-corrected chi connectivity index (χ2v) is 8.07. The molecule has 1 heterocycles. The van der Waals surface area contributed by atoms with E-state index in [0.29, 0.717) is 49.5 Å². The van der Waals surface area contributed by atoms with Gasteiger partial charge in [0.1, 0.15) is 6.04 Å². The largest absolute Gasteiger partial charge is 0.450 e. The van der Waals surface area contributed by atoms with Crippen molar-refractivity contribution in [1.82, 2.24) is 15.5 Å². The van der Waals surface area contributed by atoms with Crippen LogP contribution in [0.15, 0.2) is 24.3 Å². The third kappa shape index (κ3) is 7.24. The molecule has 2 rings (SSSR count). The molecule has 1 aliphatic heterocycles. The predicted molar refractivity (Wildman–Crippen MR) is 112 cm³/mol. The molecule has 29 heavy (non-hydrogen) atoms. The summed E-state index contributed by atoms with van der Waals surface area (Å²) in [5, 5.41) is 6.42. The Bertz CT molecular complexity index is 700. The van der Waals surface area contributed by atoms with Crippen LogP contribution in [-0.4, -0.2) is 54.6 Å². The van der Waals surface area contributed by atoms with E-state index in [-0.39, 0.29) is 29.9 Å². The molecular formula is C21H30ClN3O4. The zero-order chi connectivity index (χ0) is 21.4. The predicted octanol–water partition coefficient (Wildman–Crippen LogP) is 3.22. The molecule has 1 aliphatic rings. The Morgan fingerprint density at radius 3 is 2.34 bits per heavy atom. The Morgan fingerprint density at radius 1 is 1.17 bits per heavy atom. The van der Waals surface area contributed by atoms with Gasteiger partial charge in [-0.3, -0.25) is 9.59 Å². The van der Waals surface area contributed by atoms with E-state index in [1.54, 1.807) is 36.1 Å². The summed E-state index contributed by atoms with van der Waals surface area (Å²) in [6, 6.07) is 5.90. The van der Waals surface area contributed by atoms with Gasteiger partial charge in [0.25, 0.3) is 5.91 Å². The summed E-state index contributed by atoms with van der Waals surface area (Å²) < 4.78 is 5.02. The number of carbonyl (C=O) groups excluding carboxylic acids is 3. The summed E-state index contributed by atoms with van der Waals surface area (Å²) >= 11 is 5.87. The van der Waals surface area contributed by atoms with E-state index >= 15 is 0 Å². The number of amides is 3. The minimum Gasteiger partial charge on any atom is -0.450 e. The van der Waals surface area contributed by atoms with Crippen LogP contribution in [0.4, 0.5) is 4.79 Å². The van der Waals surface area contributed by atoms with Crippen molar-refractivity contribution in [3.8, 4) is 0 Å². The van der Waals surface area contributed by atoms with E-state index in [1.807, 2.05) is 13.8 Å². The molecule has 8 heteroatoms. The van der Waals surface area contributed by atoms with Crippen LogP contribution in [0, 0.1) is 5.92 Å². The van der Waals surface area contributed by atoms with Crippen LogP contribution in [0.1, 0.15) is 50.4 Å². The monoisotopic (exact) mass is 423 g/mol. The van der Waals surface area contributed by atoms with Crippen molar-refractivity contribution in [3.05, 3.63) is 34.9 Å². The molecule has 0 aromatic heterocycles. The van der Waals surface area contributed by atoms with E-state index in [9.17, 15) is 14.4 Å². The zero-order valence-electron chi connectivity index (χ0n) is 17.2. The highest BCUT2D eigenvalue weighted by Crippen LogP contribution is 2.14. The lowest BCUT2D eigenvalue weighted by molar-refractivity contribution is -0.124. The van der Waals surface area contributed by atoms with E-state index < -0.39 is 6.04 Å². The molecule has 1 atom stereocenters. The Kier molecular flexibility index (Phi) is 8.76. The van der Waals surface area contributed by atoms with Crippen LogP contribution >= 0.6 is 11.6 Å². The number of ether oxygens (including phenoxy) is 1. The van der Waals surface area contributed by atoms with Crippen LogP contribution in [0.2, 0.25) is 5.02 Å². The molecule has 0 aliphatic carbocycles. The van der Waals surface area contributed by atoms with Gasteiger partial charge < -0.3 is 20.3 Å². The number of nitrogens with zero attached hydrogens (tertiary/aromatic N) is 1. The topological polar surface area (TPSA) is 87.7 Å². The van der Waals surface area contributed by atoms with Crippen LogP contribution in [-0.2, 0) is 9.53 Å². The average molecular weight is 424 g/mol. The molecule has 1 fully saturated rings. The second kappa shape index (κ2) is 11.0. The van der Waals surface area contributed by atoms with Gasteiger partial charge in [0, 0.05) is 29.7 Å². The van der Waals surface area contributed by atoms with Gasteiger partial charge in [-0.05, 0) is 56.4 Å². The SMILES string of the molecule is CCOC(=O)N1CCC(NC(=O)C(CC(C)C)NC(=O)c2ccc(Cl)cc2)CC1. The number of nitrogens with one attached hydrogen (secondary N) is 2. The van der Waals surface area contributed by atoms with Crippen LogP contribution in [0.3, 0.4) is 0 Å². The molecule has 1 saturated heterocycles. The van der Waals surface area contributed by atoms with Crippen molar-refractivity contribution in [2.24, 2.45) is 5.92 Å². The molecule has 1 aromatic carbocycles. The van der Waals surface area contributed by atoms with Gasteiger partial charge in [-0.15, -0.1) is 0 Å². The van der Waals surface area contributed by atoms with E-state index in [1.165, 1.54) is 0 Å². The Hall–Kier alpha value is -2.28. The Morgan fingerprint density at radius 2 is 1.79 bits per heavy atom. The zero-order valence-corrected chi connectivity index (χ0v) is 18.0. The highest BCUT2D eigenvalue weighted by atomic mass is 35.5. The number of likely N-dealkylation sites (tertiary alicyclic amines) is 1. The lowest BCUT2D eigenvalue weighted by Gasteiger charge is -2.32. The molecule has 3 amide bonds. The highest BCUT2D eigenvalue weighted by Gasteiger charge is 2.28. The first-order valence-electron chi connectivity index (χ1n) is 10.1. The minimum atomic E-state index is -0.624. The normalized spacial score (nSPS) is 15.7. The quantitative estimate of drug-likeness (QED) is 0.704. The molecule has 1 unspecified atom stereocenters. The number of halogens is 1. The van der Waals surface area contributed by atoms with Crippen molar-refractivity contribution in [3.63, 3.8) is 0 Å². The number of rotatable bonds is 7. The number of piperidine rings is 1. The summed E-state index contributed by atoms with van der Waals surface area (Å²) in [5.41, 5.74) is 0.457. The van der Waals surface area contributed by atoms with Crippen molar-refractivity contribution in [2.45, 2.75) is 52.1 Å². The first-order chi connectivity index (χ1) is 13.8. The molecule has 0 spiro atoms. The summed E-state index contributed by atoms with van der Waals surface area (Å²) in [5.74, 6) is -0.267. The van der Waals surface area contributed by atoms with Gasteiger partial charge in [-0.25, -0.2) is 4.79 Å². The Labute approximate surface area is 177 Å². The second-order valence-electron chi connectivity index (χ2n) is 7.63. The smallest absolute Gasteiger partial charge is 0.409 e. The maximum absolute atomic E-state index is 12.8. The van der Waals surface area contributed by atoms with Gasteiger partial charge in [0.05, 0.1) is 6.61 Å². The lowest BCUT2D eigenvalue weighted by Crippen LogP contribution is -2.53. The summed E-state index contributed by atoms with van der Waals surface area (Å²) in [6.07, 6.45) is 1.53. The van der Waals surface area contributed by atoms with Crippen LogP contribution in [0.25, 0.3) is 0 Å². The van der Waals surface area contributed by atoms with Gasteiger partial charge in [-0.1, -0.05) is 25.4 Å². The first-order valence-corrected chi connectivity index (χ1v) is 10.5. The maximum atomic E-state index is 12.8. The Balaban J connectivity index is 1.92. The average Bonchev–Trinajstić information content (AvgIpc) is 2.68. The minimum absolute atomic E-state index is 0.0322. The van der Waals surface area contributed by atoms with Gasteiger partial charge >= 0.3 is 6.09 Å². The van der Waals surface area contributed by atoms with Crippen molar-refractivity contribution >= 4 is 29.5 Å². The van der Waals surface area contributed by atoms with Crippen molar-refractivity contribution < 1.29 is 19.1 Å². The summed E-state index contributed by atoms with van der Waals surface area (Å²) in [6.45, 7) is 7.21. The molecule has 7 nitrogen and oxygen atoms in total. The van der Waals surface area contributed by atoms with Gasteiger partial charge in [0.2, 0.25) is 5.91 Å². The maximum Gasteiger partial charge on any atom is 0.409 e. The molecule has 0 saturated carbocycles. The lowest BCUT2D eigenvalue weighted by atomic mass is 10.0. The molecular weight excluding hydrogens is 394 g/mol. The number of hydrogen-bond donors (Lipinski definition) is 2. The number of carbonyl (C=O) groups is 3. The third-order valence-electron chi connectivity index (χ3n) is 4.80.